The molecule has 0 bridgehead atoms. The number of hydrogen-bond acceptors (Lipinski definition) is 5. The molecule has 0 unspecified atom stereocenters. The van der Waals surface area contributed by atoms with Gasteiger partial charge in [0.2, 0.25) is 5.91 Å². The first-order chi connectivity index (χ1) is 8.00. The number of carbonyl (C=O) groups is 3. The summed E-state index contributed by atoms with van der Waals surface area (Å²) in [6, 6.07) is -0.998. The van der Waals surface area contributed by atoms with Gasteiger partial charge in [0.15, 0.2) is 6.04 Å². The van der Waals surface area contributed by atoms with Gasteiger partial charge in [0, 0.05) is 12.5 Å². The van der Waals surface area contributed by atoms with Crippen molar-refractivity contribution in [3.63, 3.8) is 0 Å². The monoisotopic (exact) mass is 257 g/mol. The standard InChI is InChI=1S/C10H11NO5S/c1-5(12)16-3-6-4-17-8-2-7(13)11(8)9(6)10(14)15/h4,8-9H,2-3H2,1H3,(H,14,15)/t8-,9-/m1/s1. The molecule has 1 N–H and O–H groups in total. The second-order valence-electron chi connectivity index (χ2n) is 3.81. The van der Waals surface area contributed by atoms with Crippen molar-refractivity contribution in [1.29, 1.82) is 0 Å². The molecule has 2 rings (SSSR count). The maximum absolute atomic E-state index is 11.4. The molecule has 1 saturated heterocycles. The van der Waals surface area contributed by atoms with Crippen LogP contribution in [-0.2, 0) is 19.1 Å². The van der Waals surface area contributed by atoms with Gasteiger partial charge in [0.05, 0.1) is 11.8 Å². The fraction of sp³-hybridized carbons (Fsp3) is 0.500. The number of nitrogens with zero attached hydrogens (tertiary/aromatic N) is 1. The summed E-state index contributed by atoms with van der Waals surface area (Å²) in [5.74, 6) is -1.75. The molecule has 1 fully saturated rings. The number of carboxylic acids is 1. The van der Waals surface area contributed by atoms with E-state index in [4.69, 9.17) is 9.84 Å². The molecule has 0 aromatic carbocycles. The Kier molecular flexibility index (Phi) is 3.10. The second kappa shape index (κ2) is 4.40. The van der Waals surface area contributed by atoms with Gasteiger partial charge in [-0.05, 0) is 5.41 Å². The van der Waals surface area contributed by atoms with Gasteiger partial charge in [-0.25, -0.2) is 4.79 Å². The summed E-state index contributed by atoms with van der Waals surface area (Å²) >= 11 is 1.39. The minimum absolute atomic E-state index is 0.0875. The normalized spacial score (nSPS) is 26.8. The molecule has 7 heteroatoms. The van der Waals surface area contributed by atoms with E-state index in [1.54, 1.807) is 5.41 Å². The van der Waals surface area contributed by atoms with Crippen molar-refractivity contribution in [2.75, 3.05) is 6.61 Å². The van der Waals surface area contributed by atoms with Gasteiger partial charge in [-0.3, -0.25) is 9.59 Å². The van der Waals surface area contributed by atoms with Crippen molar-refractivity contribution in [3.05, 3.63) is 11.0 Å². The molecule has 17 heavy (non-hydrogen) atoms. The molecule has 2 aliphatic rings. The van der Waals surface area contributed by atoms with Crippen LogP contribution in [0.4, 0.5) is 0 Å². The minimum Gasteiger partial charge on any atom is -0.479 e. The minimum atomic E-state index is -1.10. The average Bonchev–Trinajstić information content (AvgIpc) is 2.24. The Morgan fingerprint density at radius 3 is 2.88 bits per heavy atom. The van der Waals surface area contributed by atoms with Crippen LogP contribution < -0.4 is 0 Å². The molecule has 2 aliphatic heterocycles. The summed E-state index contributed by atoms with van der Waals surface area (Å²) in [7, 11) is 0. The summed E-state index contributed by atoms with van der Waals surface area (Å²) < 4.78 is 4.78. The maximum atomic E-state index is 11.4. The van der Waals surface area contributed by atoms with Crippen molar-refractivity contribution in [1.82, 2.24) is 4.90 Å². The van der Waals surface area contributed by atoms with Gasteiger partial charge in [0.1, 0.15) is 6.61 Å². The molecular weight excluding hydrogens is 246 g/mol. The molecule has 0 aromatic rings. The molecular formula is C10H11NO5S. The smallest absolute Gasteiger partial charge is 0.330 e. The molecule has 0 saturated carbocycles. The van der Waals surface area contributed by atoms with E-state index in [9.17, 15) is 14.4 Å². The van der Waals surface area contributed by atoms with Gasteiger partial charge in [-0.2, -0.15) is 0 Å². The third kappa shape index (κ3) is 2.14. The number of β-lactam (4-membered cyclic amide) rings is 1. The largest absolute Gasteiger partial charge is 0.479 e. The number of esters is 1. The van der Waals surface area contributed by atoms with E-state index in [2.05, 4.69) is 0 Å². The lowest BCUT2D eigenvalue weighted by Gasteiger charge is -2.46. The van der Waals surface area contributed by atoms with Crippen LogP contribution in [0.25, 0.3) is 0 Å². The number of amides is 1. The van der Waals surface area contributed by atoms with E-state index >= 15 is 0 Å². The Morgan fingerprint density at radius 2 is 2.35 bits per heavy atom. The summed E-state index contributed by atoms with van der Waals surface area (Å²) in [4.78, 5) is 34.6. The van der Waals surface area contributed by atoms with Crippen LogP contribution in [0, 0.1) is 0 Å². The van der Waals surface area contributed by atoms with E-state index < -0.39 is 18.0 Å². The fourth-order valence-corrected chi connectivity index (χ4v) is 2.95. The van der Waals surface area contributed by atoms with Gasteiger partial charge in [-0.1, -0.05) is 0 Å². The number of hydrogen-bond donors (Lipinski definition) is 1. The lowest BCUT2D eigenvalue weighted by molar-refractivity contribution is -0.156. The lowest BCUT2D eigenvalue weighted by Crippen LogP contribution is -2.60. The topological polar surface area (TPSA) is 83.9 Å². The van der Waals surface area contributed by atoms with Crippen LogP contribution in [0.3, 0.4) is 0 Å². The SMILES string of the molecule is CC(=O)OCC1=CS[C@@H]2CC(=O)N2[C@H]1C(=O)O. The third-order valence-electron chi connectivity index (χ3n) is 2.63. The number of thioether (sulfide) groups is 1. The highest BCUT2D eigenvalue weighted by molar-refractivity contribution is 8.02. The van der Waals surface area contributed by atoms with Crippen LogP contribution in [0.1, 0.15) is 13.3 Å². The Bertz CT molecular complexity index is 419. The summed E-state index contributed by atoms with van der Waals surface area (Å²) in [6.45, 7) is 1.17. The van der Waals surface area contributed by atoms with Gasteiger partial charge in [-0.15, -0.1) is 11.8 Å². The molecule has 0 aliphatic carbocycles. The van der Waals surface area contributed by atoms with Crippen molar-refractivity contribution < 1.29 is 24.2 Å². The van der Waals surface area contributed by atoms with E-state index in [0.29, 0.717) is 12.0 Å². The third-order valence-corrected chi connectivity index (χ3v) is 3.78. The Hall–Kier alpha value is -1.50. The number of rotatable bonds is 3. The highest BCUT2D eigenvalue weighted by Crippen LogP contribution is 2.39. The number of carboxylic acid groups (broad SMARTS) is 1. The predicted molar refractivity (Wildman–Crippen MR) is 59.0 cm³/mol. The number of carbonyl (C=O) groups excluding carboxylic acids is 2. The zero-order chi connectivity index (χ0) is 12.6. The van der Waals surface area contributed by atoms with Crippen molar-refractivity contribution in [2.45, 2.75) is 24.8 Å². The average molecular weight is 257 g/mol. The molecule has 2 heterocycles. The van der Waals surface area contributed by atoms with Gasteiger partial charge < -0.3 is 14.7 Å². The van der Waals surface area contributed by atoms with Crippen molar-refractivity contribution >= 4 is 29.6 Å². The fourth-order valence-electron chi connectivity index (χ4n) is 1.81. The number of aliphatic carboxylic acids is 1. The number of ether oxygens (including phenoxy) is 1. The zero-order valence-electron chi connectivity index (χ0n) is 9.08. The van der Waals surface area contributed by atoms with Crippen LogP contribution >= 0.6 is 11.8 Å². The summed E-state index contributed by atoms with van der Waals surface area (Å²) in [5, 5.41) is 10.7. The zero-order valence-corrected chi connectivity index (χ0v) is 9.90. The predicted octanol–water partition coefficient (Wildman–Crippen LogP) is 0.192. The molecule has 92 valence electrons. The second-order valence-corrected chi connectivity index (χ2v) is 4.86. The first-order valence-electron chi connectivity index (χ1n) is 5.02. The summed E-state index contributed by atoms with van der Waals surface area (Å²) in [6.07, 6.45) is 0.367. The number of fused-ring (bicyclic) bond motifs is 1. The van der Waals surface area contributed by atoms with E-state index in [0.717, 1.165) is 0 Å². The molecule has 1 amide bonds. The maximum Gasteiger partial charge on any atom is 0.330 e. The quantitative estimate of drug-likeness (QED) is 0.574. The molecule has 2 atom stereocenters. The van der Waals surface area contributed by atoms with Crippen LogP contribution in [0.5, 0.6) is 0 Å². The summed E-state index contributed by atoms with van der Waals surface area (Å²) in [5.41, 5.74) is 0.432. The van der Waals surface area contributed by atoms with E-state index in [-0.39, 0.29) is 17.9 Å². The van der Waals surface area contributed by atoms with Crippen LogP contribution in [0.2, 0.25) is 0 Å². The molecule has 6 nitrogen and oxygen atoms in total. The highest BCUT2D eigenvalue weighted by atomic mass is 32.2. The van der Waals surface area contributed by atoms with E-state index in [1.165, 1.54) is 23.6 Å². The Balaban J connectivity index is 2.15. The van der Waals surface area contributed by atoms with Crippen molar-refractivity contribution in [2.24, 2.45) is 0 Å². The van der Waals surface area contributed by atoms with Crippen LogP contribution in [0.15, 0.2) is 11.0 Å². The molecule has 0 aromatic heterocycles. The van der Waals surface area contributed by atoms with Gasteiger partial charge >= 0.3 is 11.9 Å². The van der Waals surface area contributed by atoms with Crippen molar-refractivity contribution in [3.8, 4) is 0 Å². The first-order valence-corrected chi connectivity index (χ1v) is 5.96. The van der Waals surface area contributed by atoms with Gasteiger partial charge in [0.25, 0.3) is 0 Å². The van der Waals surface area contributed by atoms with E-state index in [1.807, 2.05) is 0 Å². The Morgan fingerprint density at radius 1 is 1.65 bits per heavy atom. The highest BCUT2D eigenvalue weighted by Gasteiger charge is 2.48. The molecule has 0 spiro atoms. The molecule has 0 radical (unpaired) electrons. The van der Waals surface area contributed by atoms with Crippen LogP contribution in [-0.4, -0.2) is 45.9 Å². The lowest BCUT2D eigenvalue weighted by atomic mass is 10.0. The Labute approximate surface area is 102 Å². The first kappa shape index (κ1) is 12.0.